The molecule has 0 aliphatic rings. The van der Waals surface area contributed by atoms with Crippen LogP contribution < -0.4 is 0 Å². The van der Waals surface area contributed by atoms with Crippen LogP contribution in [0.15, 0.2) is 46.9 Å². The SMILES string of the molecule is ClCc1nc2ccccc2n1-c1cc(Br)ccc1Cl. The number of rotatable bonds is 2. The van der Waals surface area contributed by atoms with Gasteiger partial charge in [-0.2, -0.15) is 0 Å². The van der Waals surface area contributed by atoms with E-state index in [-0.39, 0.29) is 0 Å². The van der Waals surface area contributed by atoms with Crippen LogP contribution in [0.1, 0.15) is 5.82 Å². The molecule has 2 nitrogen and oxygen atoms in total. The minimum absolute atomic E-state index is 0.331. The Morgan fingerprint density at radius 2 is 1.95 bits per heavy atom. The second-order valence-electron chi connectivity index (χ2n) is 4.08. The fraction of sp³-hybridized carbons (Fsp3) is 0.0714. The van der Waals surface area contributed by atoms with Crippen LogP contribution in [0.4, 0.5) is 0 Å². The van der Waals surface area contributed by atoms with Gasteiger partial charge in [-0.1, -0.05) is 39.7 Å². The zero-order valence-corrected chi connectivity index (χ0v) is 12.9. The molecule has 0 saturated heterocycles. The number of aromatic nitrogens is 2. The molecule has 0 N–H and O–H groups in total. The standard InChI is InChI=1S/C14H9BrCl2N2/c15-9-5-6-10(17)13(7-9)19-12-4-2-1-3-11(12)18-14(19)8-16/h1-7H,8H2. The Balaban J connectivity index is 2.37. The quantitative estimate of drug-likeness (QED) is 0.579. The van der Waals surface area contributed by atoms with Crippen molar-refractivity contribution in [2.24, 2.45) is 0 Å². The molecule has 0 amide bonds. The number of imidazole rings is 1. The van der Waals surface area contributed by atoms with Crippen molar-refractivity contribution in [2.75, 3.05) is 0 Å². The van der Waals surface area contributed by atoms with Gasteiger partial charge in [-0.25, -0.2) is 4.98 Å². The molecule has 2 aromatic carbocycles. The highest BCUT2D eigenvalue weighted by atomic mass is 79.9. The lowest BCUT2D eigenvalue weighted by Crippen LogP contribution is -2.00. The van der Waals surface area contributed by atoms with Crippen molar-refractivity contribution in [3.05, 3.63) is 57.8 Å². The van der Waals surface area contributed by atoms with Crippen molar-refractivity contribution in [1.29, 1.82) is 0 Å². The summed E-state index contributed by atoms with van der Waals surface area (Å²) in [6.07, 6.45) is 0. The topological polar surface area (TPSA) is 17.8 Å². The van der Waals surface area contributed by atoms with Crippen molar-refractivity contribution in [3.63, 3.8) is 0 Å². The fourth-order valence-corrected chi connectivity index (χ4v) is 2.82. The molecule has 3 aromatic rings. The van der Waals surface area contributed by atoms with Gasteiger partial charge in [0.1, 0.15) is 5.82 Å². The van der Waals surface area contributed by atoms with E-state index in [4.69, 9.17) is 23.2 Å². The molecule has 3 rings (SSSR count). The molecule has 0 saturated carbocycles. The van der Waals surface area contributed by atoms with E-state index in [1.165, 1.54) is 0 Å². The predicted molar refractivity (Wildman–Crippen MR) is 83.3 cm³/mol. The maximum atomic E-state index is 6.30. The number of halogens is 3. The smallest absolute Gasteiger partial charge is 0.129 e. The summed E-state index contributed by atoms with van der Waals surface area (Å²) in [7, 11) is 0. The van der Waals surface area contributed by atoms with Gasteiger partial charge >= 0.3 is 0 Å². The molecular weight excluding hydrogens is 347 g/mol. The van der Waals surface area contributed by atoms with Gasteiger partial charge in [-0.3, -0.25) is 4.57 Å². The molecular formula is C14H9BrCl2N2. The minimum Gasteiger partial charge on any atom is -0.294 e. The van der Waals surface area contributed by atoms with Gasteiger partial charge in [-0.05, 0) is 30.3 Å². The predicted octanol–water partition coefficient (Wildman–Crippen LogP) is 5.18. The van der Waals surface area contributed by atoms with E-state index in [1.807, 2.05) is 47.0 Å². The lowest BCUT2D eigenvalue weighted by molar-refractivity contribution is 0.981. The summed E-state index contributed by atoms with van der Waals surface area (Å²) in [6, 6.07) is 13.6. The molecule has 0 bridgehead atoms. The Hall–Kier alpha value is -1.03. The fourth-order valence-electron chi connectivity index (χ4n) is 2.09. The molecule has 96 valence electrons. The second-order valence-corrected chi connectivity index (χ2v) is 5.67. The molecule has 19 heavy (non-hydrogen) atoms. The zero-order valence-electron chi connectivity index (χ0n) is 9.78. The summed E-state index contributed by atoms with van der Waals surface area (Å²) in [6.45, 7) is 0. The van der Waals surface area contributed by atoms with E-state index < -0.39 is 0 Å². The average molecular weight is 356 g/mol. The molecule has 0 atom stereocenters. The van der Waals surface area contributed by atoms with Crippen molar-refractivity contribution < 1.29 is 0 Å². The van der Waals surface area contributed by atoms with Gasteiger partial charge in [0.15, 0.2) is 0 Å². The summed E-state index contributed by atoms with van der Waals surface area (Å²) >= 11 is 15.8. The largest absolute Gasteiger partial charge is 0.294 e. The number of nitrogens with zero attached hydrogens (tertiary/aromatic N) is 2. The third kappa shape index (κ3) is 2.27. The van der Waals surface area contributed by atoms with Crippen LogP contribution in [-0.4, -0.2) is 9.55 Å². The first kappa shape index (κ1) is 13.0. The van der Waals surface area contributed by atoms with Crippen molar-refractivity contribution in [2.45, 2.75) is 5.88 Å². The molecule has 0 unspecified atom stereocenters. The summed E-state index contributed by atoms with van der Waals surface area (Å²) in [5, 5.41) is 0.665. The lowest BCUT2D eigenvalue weighted by Gasteiger charge is -2.10. The number of benzene rings is 2. The Morgan fingerprint density at radius 1 is 1.16 bits per heavy atom. The highest BCUT2D eigenvalue weighted by Gasteiger charge is 2.13. The van der Waals surface area contributed by atoms with Crippen LogP contribution in [0.3, 0.4) is 0 Å². The van der Waals surface area contributed by atoms with Crippen LogP contribution in [0.2, 0.25) is 5.02 Å². The molecule has 1 aromatic heterocycles. The Morgan fingerprint density at radius 3 is 2.74 bits per heavy atom. The summed E-state index contributed by atoms with van der Waals surface area (Å²) in [5.74, 6) is 1.11. The van der Waals surface area contributed by atoms with Gasteiger partial charge in [0.25, 0.3) is 0 Å². The van der Waals surface area contributed by atoms with E-state index in [0.29, 0.717) is 10.9 Å². The monoisotopic (exact) mass is 354 g/mol. The van der Waals surface area contributed by atoms with Crippen LogP contribution in [-0.2, 0) is 5.88 Å². The van der Waals surface area contributed by atoms with E-state index >= 15 is 0 Å². The first-order valence-electron chi connectivity index (χ1n) is 5.68. The highest BCUT2D eigenvalue weighted by Crippen LogP contribution is 2.29. The van der Waals surface area contributed by atoms with E-state index in [1.54, 1.807) is 0 Å². The normalized spacial score (nSPS) is 11.1. The lowest BCUT2D eigenvalue weighted by atomic mass is 10.3. The van der Waals surface area contributed by atoms with Gasteiger partial charge in [-0.15, -0.1) is 11.6 Å². The average Bonchev–Trinajstić information content (AvgIpc) is 2.80. The third-order valence-corrected chi connectivity index (χ3v) is 3.95. The first-order valence-corrected chi connectivity index (χ1v) is 7.39. The zero-order chi connectivity index (χ0) is 13.4. The van der Waals surface area contributed by atoms with Gasteiger partial charge in [0.05, 0.1) is 27.6 Å². The minimum atomic E-state index is 0.331. The molecule has 0 aliphatic heterocycles. The van der Waals surface area contributed by atoms with Crippen LogP contribution >= 0.6 is 39.1 Å². The first-order chi connectivity index (χ1) is 9.20. The molecule has 0 radical (unpaired) electrons. The van der Waals surface area contributed by atoms with Crippen LogP contribution in [0.25, 0.3) is 16.7 Å². The Labute approximate surface area is 129 Å². The van der Waals surface area contributed by atoms with E-state index in [0.717, 1.165) is 27.0 Å². The Bertz CT molecular complexity index is 752. The number of hydrogen-bond acceptors (Lipinski definition) is 1. The molecule has 1 heterocycles. The molecule has 0 fully saturated rings. The number of alkyl halides is 1. The number of hydrogen-bond donors (Lipinski definition) is 0. The van der Waals surface area contributed by atoms with Gasteiger partial charge in [0.2, 0.25) is 0 Å². The van der Waals surface area contributed by atoms with E-state index in [9.17, 15) is 0 Å². The van der Waals surface area contributed by atoms with Crippen LogP contribution in [0, 0.1) is 0 Å². The molecule has 0 spiro atoms. The molecule has 0 aliphatic carbocycles. The number of fused-ring (bicyclic) bond motifs is 1. The van der Waals surface area contributed by atoms with Crippen molar-refractivity contribution in [1.82, 2.24) is 9.55 Å². The summed E-state index contributed by atoms with van der Waals surface area (Å²) in [4.78, 5) is 4.54. The summed E-state index contributed by atoms with van der Waals surface area (Å²) < 4.78 is 2.96. The summed E-state index contributed by atoms with van der Waals surface area (Å²) in [5.41, 5.74) is 2.78. The van der Waals surface area contributed by atoms with Crippen molar-refractivity contribution >= 4 is 50.2 Å². The Kier molecular flexibility index (Phi) is 3.52. The maximum Gasteiger partial charge on any atom is 0.129 e. The van der Waals surface area contributed by atoms with Crippen LogP contribution in [0.5, 0.6) is 0 Å². The molecule has 5 heteroatoms. The van der Waals surface area contributed by atoms with E-state index in [2.05, 4.69) is 20.9 Å². The third-order valence-electron chi connectivity index (χ3n) is 2.90. The maximum absolute atomic E-state index is 6.30. The second kappa shape index (κ2) is 5.16. The van der Waals surface area contributed by atoms with Crippen molar-refractivity contribution in [3.8, 4) is 5.69 Å². The van der Waals surface area contributed by atoms with Gasteiger partial charge < -0.3 is 0 Å². The highest BCUT2D eigenvalue weighted by molar-refractivity contribution is 9.10. The van der Waals surface area contributed by atoms with Gasteiger partial charge in [0, 0.05) is 4.47 Å². The number of para-hydroxylation sites is 2.